The molecule has 1 saturated carbocycles. The normalized spacial score (nSPS) is 20.8. The van der Waals surface area contributed by atoms with E-state index in [9.17, 15) is 22.8 Å². The summed E-state index contributed by atoms with van der Waals surface area (Å²) < 4.78 is 42.3. The smallest absolute Gasteiger partial charge is 0.338 e. The molecule has 186 valence electrons. The van der Waals surface area contributed by atoms with Crippen LogP contribution in [0.15, 0.2) is 53.6 Å². The lowest BCUT2D eigenvalue weighted by Crippen LogP contribution is -2.47. The number of para-hydroxylation sites is 1. The molecule has 0 radical (unpaired) electrons. The van der Waals surface area contributed by atoms with E-state index < -0.39 is 12.7 Å². The summed E-state index contributed by atoms with van der Waals surface area (Å²) in [7, 11) is 1.70. The number of halogens is 3. The summed E-state index contributed by atoms with van der Waals surface area (Å²) in [5.41, 5.74) is 1.99. The zero-order chi connectivity index (χ0) is 24.7. The van der Waals surface area contributed by atoms with E-state index >= 15 is 0 Å². The van der Waals surface area contributed by atoms with E-state index in [2.05, 4.69) is 5.32 Å². The fourth-order valence-corrected chi connectivity index (χ4v) is 5.25. The summed E-state index contributed by atoms with van der Waals surface area (Å²) in [4.78, 5) is 28.0. The first-order valence-electron chi connectivity index (χ1n) is 12.0. The molecular weight excluding hydrogens is 457 g/mol. The van der Waals surface area contributed by atoms with Gasteiger partial charge in [0, 0.05) is 55.5 Å². The lowest BCUT2D eigenvalue weighted by Gasteiger charge is -2.35. The highest BCUT2D eigenvalue weighted by Crippen LogP contribution is 2.37. The highest BCUT2D eigenvalue weighted by molar-refractivity contribution is 5.85. The number of alkyl halides is 3. The minimum Gasteiger partial charge on any atom is -0.338 e. The average molecular weight is 487 g/mol. The molecule has 1 unspecified atom stereocenters. The molecule has 2 atom stereocenters. The number of hydrogen-bond acceptors (Lipinski definition) is 3. The van der Waals surface area contributed by atoms with Gasteiger partial charge < -0.3 is 19.4 Å². The van der Waals surface area contributed by atoms with Crippen LogP contribution in [0.25, 0.3) is 10.9 Å². The van der Waals surface area contributed by atoms with Crippen LogP contribution in [0.3, 0.4) is 0 Å². The van der Waals surface area contributed by atoms with E-state index in [1.165, 1.54) is 9.13 Å². The van der Waals surface area contributed by atoms with Crippen LogP contribution in [0.4, 0.5) is 13.2 Å². The second kappa shape index (κ2) is 9.18. The van der Waals surface area contributed by atoms with Gasteiger partial charge in [-0.05, 0) is 55.0 Å². The van der Waals surface area contributed by atoms with Gasteiger partial charge in [0.05, 0.1) is 5.92 Å². The van der Waals surface area contributed by atoms with Crippen molar-refractivity contribution in [2.75, 3.05) is 13.1 Å². The van der Waals surface area contributed by atoms with Crippen LogP contribution in [0.2, 0.25) is 0 Å². The quantitative estimate of drug-likeness (QED) is 0.577. The zero-order valence-electron chi connectivity index (χ0n) is 19.6. The number of piperidine rings is 1. The third-order valence-corrected chi connectivity index (χ3v) is 7.19. The van der Waals surface area contributed by atoms with Gasteiger partial charge in [-0.1, -0.05) is 18.2 Å². The van der Waals surface area contributed by atoms with Crippen molar-refractivity contribution < 1.29 is 18.0 Å². The van der Waals surface area contributed by atoms with Gasteiger partial charge in [0.25, 0.3) is 5.56 Å². The Morgan fingerprint density at radius 3 is 2.66 bits per heavy atom. The van der Waals surface area contributed by atoms with Gasteiger partial charge in [0.1, 0.15) is 6.54 Å². The number of nitrogens with one attached hydrogen (secondary N) is 1. The summed E-state index contributed by atoms with van der Waals surface area (Å²) in [5, 5.41) is 4.06. The summed E-state index contributed by atoms with van der Waals surface area (Å²) >= 11 is 0. The second-order valence-corrected chi connectivity index (χ2v) is 9.73. The van der Waals surface area contributed by atoms with Gasteiger partial charge in [-0.2, -0.15) is 13.2 Å². The number of fused-ring (bicyclic) bond motifs is 1. The number of benzene rings is 1. The Morgan fingerprint density at radius 2 is 1.94 bits per heavy atom. The minimum absolute atomic E-state index is 0.00182. The number of pyridine rings is 1. The van der Waals surface area contributed by atoms with Gasteiger partial charge in [0.2, 0.25) is 5.91 Å². The molecule has 1 aromatic carbocycles. The van der Waals surface area contributed by atoms with E-state index in [-0.39, 0.29) is 35.9 Å². The van der Waals surface area contributed by atoms with E-state index in [0.29, 0.717) is 12.1 Å². The zero-order valence-corrected chi connectivity index (χ0v) is 19.6. The highest BCUT2D eigenvalue weighted by Gasteiger charge is 2.40. The van der Waals surface area contributed by atoms with Crippen LogP contribution in [0.5, 0.6) is 0 Å². The lowest BCUT2D eigenvalue weighted by molar-refractivity contribution is -0.140. The van der Waals surface area contributed by atoms with Gasteiger partial charge in [-0.3, -0.25) is 9.59 Å². The molecular formula is C26H29F3N4O2. The Bertz CT molecular complexity index is 1290. The molecule has 1 aliphatic carbocycles. The molecule has 0 spiro atoms. The molecule has 2 aromatic heterocycles. The topological polar surface area (TPSA) is 59.3 Å². The maximum absolute atomic E-state index is 13.9. The van der Waals surface area contributed by atoms with E-state index in [4.69, 9.17) is 0 Å². The Kier molecular flexibility index (Phi) is 6.21. The van der Waals surface area contributed by atoms with Crippen LogP contribution in [-0.2, 0) is 24.9 Å². The van der Waals surface area contributed by atoms with Crippen molar-refractivity contribution in [1.29, 1.82) is 0 Å². The first-order valence-corrected chi connectivity index (χ1v) is 12.0. The predicted octanol–water partition coefficient (Wildman–Crippen LogP) is 3.79. The van der Waals surface area contributed by atoms with Gasteiger partial charge in [-0.25, -0.2) is 0 Å². The first-order chi connectivity index (χ1) is 16.7. The third-order valence-electron chi connectivity index (χ3n) is 7.19. The standard InChI is InChI=1S/C26H29F3N4O2/c1-31-11-9-17(12-24(31)34)20-8-10-30-13-22(20)25(35)33(19-6-7-19)15-18-14-32(16-26(27,28)29)23-5-3-2-4-21(18)23/h2-5,9,11-12,14,19-20,22,30H,6-8,10,13,15-16H2,1H3/t20-,22?/m1/s1. The number of aromatic nitrogens is 2. The van der Waals surface area contributed by atoms with Crippen LogP contribution in [0, 0.1) is 5.92 Å². The molecule has 1 aliphatic heterocycles. The average Bonchev–Trinajstić information content (AvgIpc) is 3.62. The monoisotopic (exact) mass is 486 g/mol. The lowest BCUT2D eigenvalue weighted by atomic mass is 9.80. The van der Waals surface area contributed by atoms with Crippen LogP contribution >= 0.6 is 0 Å². The molecule has 3 aromatic rings. The molecule has 0 bridgehead atoms. The van der Waals surface area contributed by atoms with Crippen molar-refractivity contribution in [2.45, 2.75) is 50.5 Å². The number of carbonyl (C=O) groups is 1. The molecule has 5 rings (SSSR count). The molecule has 2 fully saturated rings. The van der Waals surface area contributed by atoms with E-state index in [1.54, 1.807) is 37.6 Å². The summed E-state index contributed by atoms with van der Waals surface area (Å²) in [6.45, 7) is 0.479. The Morgan fingerprint density at radius 1 is 1.17 bits per heavy atom. The molecule has 1 N–H and O–H groups in total. The summed E-state index contributed by atoms with van der Waals surface area (Å²) in [5.74, 6) is -0.413. The van der Waals surface area contributed by atoms with Crippen LogP contribution in [0.1, 0.15) is 36.3 Å². The van der Waals surface area contributed by atoms with Crippen molar-refractivity contribution in [1.82, 2.24) is 19.4 Å². The van der Waals surface area contributed by atoms with Gasteiger partial charge >= 0.3 is 6.18 Å². The maximum atomic E-state index is 13.9. The largest absolute Gasteiger partial charge is 0.406 e. The molecule has 1 amide bonds. The molecule has 35 heavy (non-hydrogen) atoms. The number of carbonyl (C=O) groups excluding carboxylic acids is 1. The number of hydrogen-bond donors (Lipinski definition) is 1. The molecule has 2 aliphatic rings. The van der Waals surface area contributed by atoms with Crippen molar-refractivity contribution >= 4 is 16.8 Å². The summed E-state index contributed by atoms with van der Waals surface area (Å²) in [6, 6.07) is 10.7. The van der Waals surface area contributed by atoms with Crippen LogP contribution < -0.4 is 10.9 Å². The first kappa shape index (κ1) is 23.7. The minimum atomic E-state index is -4.33. The predicted molar refractivity (Wildman–Crippen MR) is 127 cm³/mol. The molecule has 3 heterocycles. The van der Waals surface area contributed by atoms with Crippen molar-refractivity contribution in [3.63, 3.8) is 0 Å². The Balaban J connectivity index is 1.45. The Labute approximate surface area is 201 Å². The third kappa shape index (κ3) is 5.00. The summed E-state index contributed by atoms with van der Waals surface area (Å²) in [6.07, 6.45) is 1.47. The second-order valence-electron chi connectivity index (χ2n) is 9.73. The SMILES string of the molecule is Cn1ccc([C@H]2CCNCC2C(=O)N(Cc2cn(CC(F)(F)F)c3ccccc23)C2CC2)cc1=O. The Hall–Kier alpha value is -3.07. The van der Waals surface area contributed by atoms with Crippen molar-refractivity contribution in [3.8, 4) is 0 Å². The number of nitrogens with zero attached hydrogens (tertiary/aromatic N) is 3. The van der Waals surface area contributed by atoms with Crippen molar-refractivity contribution in [2.24, 2.45) is 13.0 Å². The molecule has 9 heteroatoms. The van der Waals surface area contributed by atoms with E-state index in [0.717, 1.165) is 42.3 Å². The van der Waals surface area contributed by atoms with Crippen LogP contribution in [-0.4, -0.2) is 45.2 Å². The number of aryl methyl sites for hydroxylation is 1. The highest BCUT2D eigenvalue weighted by atomic mass is 19.4. The number of rotatable bonds is 6. The van der Waals surface area contributed by atoms with Crippen molar-refractivity contribution in [3.05, 3.63) is 70.3 Å². The molecule has 1 saturated heterocycles. The number of amides is 1. The fourth-order valence-electron chi connectivity index (χ4n) is 5.25. The van der Waals surface area contributed by atoms with E-state index in [1.807, 2.05) is 23.1 Å². The van der Waals surface area contributed by atoms with Gasteiger partial charge in [0.15, 0.2) is 0 Å². The maximum Gasteiger partial charge on any atom is 0.406 e. The van der Waals surface area contributed by atoms with Gasteiger partial charge in [-0.15, -0.1) is 0 Å². The fraction of sp³-hybridized carbons (Fsp3) is 0.462. The molecule has 6 nitrogen and oxygen atoms in total.